The molecule has 1 atom stereocenters. The maximum atomic E-state index is 8.91. The van der Waals surface area contributed by atoms with E-state index in [0.717, 1.165) is 17.2 Å². The van der Waals surface area contributed by atoms with Gasteiger partial charge in [-0.1, -0.05) is 0 Å². The minimum Gasteiger partial charge on any atom is -0.395 e. The van der Waals surface area contributed by atoms with Crippen molar-refractivity contribution in [1.29, 1.82) is 0 Å². The van der Waals surface area contributed by atoms with Crippen LogP contribution in [0.15, 0.2) is 36.9 Å². The van der Waals surface area contributed by atoms with E-state index >= 15 is 0 Å². The number of nitrogens with one attached hydrogen (secondary N) is 1. The van der Waals surface area contributed by atoms with Crippen LogP contribution in [0.4, 0.5) is 11.5 Å². The van der Waals surface area contributed by atoms with Crippen LogP contribution in [0, 0.1) is 0 Å². The zero-order chi connectivity index (χ0) is 14.4. The monoisotopic (exact) mass is 273 g/mol. The lowest BCUT2D eigenvalue weighted by atomic mass is 10.2. The molecule has 0 fully saturated rings. The molecule has 106 valence electrons. The minimum atomic E-state index is 0.0391. The first-order valence-corrected chi connectivity index (χ1v) is 6.51. The Morgan fingerprint density at radius 2 is 2.10 bits per heavy atom. The summed E-state index contributed by atoms with van der Waals surface area (Å²) in [5.74, 6) is 0.782. The van der Waals surface area contributed by atoms with Crippen molar-refractivity contribution in [2.75, 3.05) is 30.4 Å². The molecule has 2 N–H and O–H groups in total. The van der Waals surface area contributed by atoms with Crippen molar-refractivity contribution in [3.05, 3.63) is 42.6 Å². The lowest BCUT2D eigenvalue weighted by Gasteiger charge is -2.18. The van der Waals surface area contributed by atoms with E-state index in [2.05, 4.69) is 20.3 Å². The first kappa shape index (κ1) is 14.2. The summed E-state index contributed by atoms with van der Waals surface area (Å²) in [6, 6.07) is 3.92. The van der Waals surface area contributed by atoms with E-state index < -0.39 is 0 Å². The summed E-state index contributed by atoms with van der Waals surface area (Å²) < 4.78 is 0. The van der Waals surface area contributed by atoms with Crippen molar-refractivity contribution in [2.24, 2.45) is 0 Å². The average Bonchev–Trinajstić information content (AvgIpc) is 2.49. The van der Waals surface area contributed by atoms with Crippen molar-refractivity contribution in [3.8, 4) is 0 Å². The number of aliphatic hydroxyl groups excluding tert-OH is 1. The molecule has 2 aromatic rings. The molecule has 0 bridgehead atoms. The highest BCUT2D eigenvalue weighted by atomic mass is 16.3. The number of likely N-dealkylation sites (N-methyl/N-ethyl adjacent to an activating group) is 1. The molecule has 0 spiro atoms. The molecule has 0 amide bonds. The fraction of sp³-hybridized carbons (Fsp3) is 0.357. The first-order valence-electron chi connectivity index (χ1n) is 6.51. The molecule has 1 unspecified atom stereocenters. The van der Waals surface area contributed by atoms with Gasteiger partial charge in [0.25, 0.3) is 0 Å². The van der Waals surface area contributed by atoms with Crippen molar-refractivity contribution in [1.82, 2.24) is 15.0 Å². The average molecular weight is 273 g/mol. The van der Waals surface area contributed by atoms with E-state index in [1.54, 1.807) is 24.8 Å². The Morgan fingerprint density at radius 3 is 2.70 bits per heavy atom. The highest BCUT2D eigenvalue weighted by Crippen LogP contribution is 2.17. The summed E-state index contributed by atoms with van der Waals surface area (Å²) in [6.07, 6.45) is 6.84. The fourth-order valence-corrected chi connectivity index (χ4v) is 1.81. The first-order chi connectivity index (χ1) is 9.70. The number of hydrogen-bond donors (Lipinski definition) is 2. The van der Waals surface area contributed by atoms with Gasteiger partial charge in [0, 0.05) is 26.0 Å². The number of aliphatic hydroxyl groups is 1. The Morgan fingerprint density at radius 1 is 1.25 bits per heavy atom. The SMILES string of the molecule is CC(Nc1ccc(N(C)CCO)cn1)c1cnccn1. The Labute approximate surface area is 118 Å². The zero-order valence-electron chi connectivity index (χ0n) is 11.7. The molecular weight excluding hydrogens is 254 g/mol. The number of hydrogen-bond acceptors (Lipinski definition) is 6. The normalized spacial score (nSPS) is 11.9. The van der Waals surface area contributed by atoms with Crippen LogP contribution < -0.4 is 10.2 Å². The van der Waals surface area contributed by atoms with Crippen LogP contribution in [0.5, 0.6) is 0 Å². The molecule has 6 nitrogen and oxygen atoms in total. The summed E-state index contributed by atoms with van der Waals surface area (Å²) >= 11 is 0. The van der Waals surface area contributed by atoms with Crippen molar-refractivity contribution >= 4 is 11.5 Å². The molecule has 2 heterocycles. The summed E-state index contributed by atoms with van der Waals surface area (Å²) in [5.41, 5.74) is 1.84. The molecule has 0 aliphatic carbocycles. The number of aromatic nitrogens is 3. The molecule has 0 aromatic carbocycles. The van der Waals surface area contributed by atoms with Gasteiger partial charge in [0.05, 0.1) is 36.4 Å². The van der Waals surface area contributed by atoms with E-state index in [1.807, 2.05) is 31.0 Å². The van der Waals surface area contributed by atoms with Gasteiger partial charge in [0.2, 0.25) is 0 Å². The third kappa shape index (κ3) is 3.64. The van der Waals surface area contributed by atoms with Gasteiger partial charge in [0.1, 0.15) is 5.82 Å². The maximum absolute atomic E-state index is 8.91. The van der Waals surface area contributed by atoms with Crippen molar-refractivity contribution in [3.63, 3.8) is 0 Å². The number of pyridine rings is 1. The van der Waals surface area contributed by atoms with Crippen LogP contribution in [0.1, 0.15) is 18.7 Å². The van der Waals surface area contributed by atoms with E-state index in [1.165, 1.54) is 0 Å². The number of anilines is 2. The molecule has 2 aromatic heterocycles. The van der Waals surface area contributed by atoms with E-state index in [9.17, 15) is 0 Å². The van der Waals surface area contributed by atoms with Gasteiger partial charge in [0.15, 0.2) is 0 Å². The van der Waals surface area contributed by atoms with Crippen LogP contribution in [-0.4, -0.2) is 40.3 Å². The van der Waals surface area contributed by atoms with E-state index in [0.29, 0.717) is 6.54 Å². The van der Waals surface area contributed by atoms with Crippen molar-refractivity contribution < 1.29 is 5.11 Å². The maximum Gasteiger partial charge on any atom is 0.126 e. The third-order valence-corrected chi connectivity index (χ3v) is 3.02. The lowest BCUT2D eigenvalue weighted by Crippen LogP contribution is -2.21. The molecular formula is C14H19N5O. The van der Waals surface area contributed by atoms with E-state index in [4.69, 9.17) is 5.11 Å². The zero-order valence-corrected chi connectivity index (χ0v) is 11.7. The van der Waals surface area contributed by atoms with Gasteiger partial charge < -0.3 is 15.3 Å². The van der Waals surface area contributed by atoms with Gasteiger partial charge in [-0.3, -0.25) is 9.97 Å². The highest BCUT2D eigenvalue weighted by Gasteiger charge is 2.07. The molecule has 0 aliphatic rings. The van der Waals surface area contributed by atoms with Gasteiger partial charge in [-0.15, -0.1) is 0 Å². The second kappa shape index (κ2) is 6.81. The number of rotatable bonds is 6. The highest BCUT2D eigenvalue weighted by molar-refractivity contribution is 5.49. The smallest absolute Gasteiger partial charge is 0.126 e. The standard InChI is InChI=1S/C14H19N5O/c1-11(13-10-15-5-6-16-13)18-14-4-3-12(9-17-14)19(2)7-8-20/h3-6,9-11,20H,7-8H2,1-2H3,(H,17,18). The number of nitrogens with zero attached hydrogens (tertiary/aromatic N) is 4. The van der Waals surface area contributed by atoms with Gasteiger partial charge in [-0.25, -0.2) is 4.98 Å². The summed E-state index contributed by atoms with van der Waals surface area (Å²) in [5, 5.41) is 12.2. The van der Waals surface area contributed by atoms with Gasteiger partial charge in [-0.2, -0.15) is 0 Å². The minimum absolute atomic E-state index is 0.0391. The molecule has 0 radical (unpaired) electrons. The predicted octanol–water partition coefficient (Wildman–Crippen LogP) is 1.47. The lowest BCUT2D eigenvalue weighted by molar-refractivity contribution is 0.304. The Hall–Kier alpha value is -2.21. The molecule has 0 aliphatic heterocycles. The second-order valence-electron chi connectivity index (χ2n) is 4.54. The summed E-state index contributed by atoms with van der Waals surface area (Å²) in [6.45, 7) is 2.72. The molecule has 0 saturated heterocycles. The van der Waals surface area contributed by atoms with Crippen LogP contribution in [-0.2, 0) is 0 Å². The summed E-state index contributed by atoms with van der Waals surface area (Å²) in [7, 11) is 1.92. The Balaban J connectivity index is 2.00. The molecule has 2 rings (SSSR count). The quantitative estimate of drug-likeness (QED) is 0.830. The topological polar surface area (TPSA) is 74.2 Å². The van der Waals surface area contributed by atoms with Crippen molar-refractivity contribution in [2.45, 2.75) is 13.0 Å². The Kier molecular flexibility index (Phi) is 4.84. The third-order valence-electron chi connectivity index (χ3n) is 3.02. The van der Waals surface area contributed by atoms with Crippen LogP contribution >= 0.6 is 0 Å². The largest absolute Gasteiger partial charge is 0.395 e. The van der Waals surface area contributed by atoms with Gasteiger partial charge >= 0.3 is 0 Å². The fourth-order valence-electron chi connectivity index (χ4n) is 1.81. The molecule has 20 heavy (non-hydrogen) atoms. The van der Waals surface area contributed by atoms with E-state index in [-0.39, 0.29) is 12.6 Å². The molecule has 6 heteroatoms. The van der Waals surface area contributed by atoms with Crippen LogP contribution in [0.3, 0.4) is 0 Å². The van der Waals surface area contributed by atoms with Crippen LogP contribution in [0.25, 0.3) is 0 Å². The van der Waals surface area contributed by atoms with Gasteiger partial charge in [-0.05, 0) is 19.1 Å². The second-order valence-corrected chi connectivity index (χ2v) is 4.54. The summed E-state index contributed by atoms with van der Waals surface area (Å²) in [4.78, 5) is 14.6. The Bertz CT molecular complexity index is 517. The molecule has 0 saturated carbocycles. The predicted molar refractivity (Wildman–Crippen MR) is 78.7 cm³/mol. The van der Waals surface area contributed by atoms with Crippen LogP contribution in [0.2, 0.25) is 0 Å².